The second kappa shape index (κ2) is 5.39. The highest BCUT2D eigenvalue weighted by Crippen LogP contribution is 2.02. The monoisotopic (exact) mass is 197 g/mol. The minimum atomic E-state index is -0.0883. The number of aliphatic hydroxyl groups excluding tert-OH is 1. The van der Waals surface area contributed by atoms with Crippen molar-refractivity contribution >= 4 is 5.91 Å². The van der Waals surface area contributed by atoms with Gasteiger partial charge in [0.15, 0.2) is 0 Å². The van der Waals surface area contributed by atoms with Crippen LogP contribution in [0.1, 0.15) is 23.7 Å². The number of aromatic amines is 1. The standard InChI is InChI=1S/C9H15N3O2/c1-2-3-12(4-5-13)9(14)8-6-10-11-7-8/h6-7,13H,2-5H2,1H3,(H,10,11). The molecule has 2 N–H and O–H groups in total. The minimum Gasteiger partial charge on any atom is -0.395 e. The summed E-state index contributed by atoms with van der Waals surface area (Å²) >= 11 is 0. The van der Waals surface area contributed by atoms with Gasteiger partial charge in [-0.1, -0.05) is 6.92 Å². The molecule has 0 aliphatic carbocycles. The van der Waals surface area contributed by atoms with Crippen LogP contribution in [-0.2, 0) is 0 Å². The number of aliphatic hydroxyl groups is 1. The Kier molecular flexibility index (Phi) is 4.12. The number of hydrogen-bond donors (Lipinski definition) is 2. The van der Waals surface area contributed by atoms with Crippen molar-refractivity contribution in [2.45, 2.75) is 13.3 Å². The summed E-state index contributed by atoms with van der Waals surface area (Å²) in [6, 6.07) is 0. The average molecular weight is 197 g/mol. The molecule has 0 unspecified atom stereocenters. The van der Waals surface area contributed by atoms with Crippen LogP contribution in [0.2, 0.25) is 0 Å². The molecule has 0 saturated carbocycles. The summed E-state index contributed by atoms with van der Waals surface area (Å²) in [5.74, 6) is -0.0883. The lowest BCUT2D eigenvalue weighted by molar-refractivity contribution is 0.0722. The van der Waals surface area contributed by atoms with E-state index in [0.29, 0.717) is 18.7 Å². The first-order valence-corrected chi connectivity index (χ1v) is 4.68. The molecule has 1 rings (SSSR count). The molecule has 78 valence electrons. The van der Waals surface area contributed by atoms with Gasteiger partial charge in [-0.3, -0.25) is 9.89 Å². The van der Waals surface area contributed by atoms with E-state index in [-0.39, 0.29) is 12.5 Å². The molecule has 1 aromatic heterocycles. The van der Waals surface area contributed by atoms with Crippen molar-refractivity contribution in [1.82, 2.24) is 15.1 Å². The van der Waals surface area contributed by atoms with Gasteiger partial charge < -0.3 is 10.0 Å². The molecule has 5 heteroatoms. The lowest BCUT2D eigenvalue weighted by atomic mass is 10.3. The van der Waals surface area contributed by atoms with E-state index in [2.05, 4.69) is 10.2 Å². The van der Waals surface area contributed by atoms with Gasteiger partial charge in [0.1, 0.15) is 0 Å². The molecule has 14 heavy (non-hydrogen) atoms. The van der Waals surface area contributed by atoms with Crippen LogP contribution in [0.15, 0.2) is 12.4 Å². The number of aromatic nitrogens is 2. The van der Waals surface area contributed by atoms with E-state index in [0.717, 1.165) is 6.42 Å². The Morgan fingerprint density at radius 2 is 2.43 bits per heavy atom. The van der Waals surface area contributed by atoms with E-state index in [1.54, 1.807) is 11.1 Å². The van der Waals surface area contributed by atoms with Crippen molar-refractivity contribution in [3.63, 3.8) is 0 Å². The Bertz CT molecular complexity index is 266. The Morgan fingerprint density at radius 1 is 1.64 bits per heavy atom. The van der Waals surface area contributed by atoms with Gasteiger partial charge in [0.05, 0.1) is 18.4 Å². The number of hydrogen-bond acceptors (Lipinski definition) is 3. The third-order valence-electron chi connectivity index (χ3n) is 1.90. The predicted octanol–water partition coefficient (Wildman–Crippen LogP) is 0.254. The largest absolute Gasteiger partial charge is 0.395 e. The molecule has 0 bridgehead atoms. The minimum absolute atomic E-state index is 0.0103. The van der Waals surface area contributed by atoms with Gasteiger partial charge in [-0.15, -0.1) is 0 Å². The lowest BCUT2D eigenvalue weighted by Gasteiger charge is -2.19. The number of nitrogens with zero attached hydrogens (tertiary/aromatic N) is 2. The zero-order valence-electron chi connectivity index (χ0n) is 8.23. The van der Waals surface area contributed by atoms with Crippen LogP contribution >= 0.6 is 0 Å². The van der Waals surface area contributed by atoms with Crippen LogP contribution in [0.5, 0.6) is 0 Å². The Balaban J connectivity index is 2.63. The third kappa shape index (κ3) is 2.56. The normalized spacial score (nSPS) is 10.1. The number of H-pyrrole nitrogens is 1. The lowest BCUT2D eigenvalue weighted by Crippen LogP contribution is -2.34. The highest BCUT2D eigenvalue weighted by Gasteiger charge is 2.14. The molecule has 1 amide bonds. The van der Waals surface area contributed by atoms with Crippen LogP contribution in [0, 0.1) is 0 Å². The maximum atomic E-state index is 11.7. The van der Waals surface area contributed by atoms with Crippen LogP contribution in [-0.4, -0.2) is 45.8 Å². The Labute approximate surface area is 82.7 Å². The van der Waals surface area contributed by atoms with E-state index in [1.807, 2.05) is 6.92 Å². The second-order valence-corrected chi connectivity index (χ2v) is 3.00. The summed E-state index contributed by atoms with van der Waals surface area (Å²) in [6.45, 7) is 3.01. The highest BCUT2D eigenvalue weighted by atomic mass is 16.3. The number of carbonyl (C=O) groups is 1. The van der Waals surface area contributed by atoms with Crippen molar-refractivity contribution in [3.8, 4) is 0 Å². The molecule has 0 saturated heterocycles. The molecule has 1 aromatic rings. The molecule has 5 nitrogen and oxygen atoms in total. The Morgan fingerprint density at radius 3 is 2.93 bits per heavy atom. The molecule has 0 radical (unpaired) electrons. The Hall–Kier alpha value is -1.36. The maximum Gasteiger partial charge on any atom is 0.257 e. The van der Waals surface area contributed by atoms with Crippen LogP contribution < -0.4 is 0 Å². The number of rotatable bonds is 5. The SMILES string of the molecule is CCCN(CCO)C(=O)c1cn[nH]c1. The van der Waals surface area contributed by atoms with Gasteiger partial charge >= 0.3 is 0 Å². The van der Waals surface area contributed by atoms with Crippen molar-refractivity contribution < 1.29 is 9.90 Å². The van der Waals surface area contributed by atoms with E-state index in [9.17, 15) is 4.79 Å². The molecule has 0 spiro atoms. The third-order valence-corrected chi connectivity index (χ3v) is 1.90. The zero-order valence-corrected chi connectivity index (χ0v) is 8.23. The topological polar surface area (TPSA) is 69.2 Å². The number of amides is 1. The first kappa shape index (κ1) is 10.7. The fourth-order valence-corrected chi connectivity index (χ4v) is 1.26. The molecular formula is C9H15N3O2. The predicted molar refractivity (Wildman–Crippen MR) is 51.9 cm³/mol. The molecule has 0 aliphatic heterocycles. The maximum absolute atomic E-state index is 11.7. The van der Waals surface area contributed by atoms with E-state index in [1.165, 1.54) is 6.20 Å². The summed E-state index contributed by atoms with van der Waals surface area (Å²) in [4.78, 5) is 13.4. The van der Waals surface area contributed by atoms with Crippen LogP contribution in [0.25, 0.3) is 0 Å². The summed E-state index contributed by atoms with van der Waals surface area (Å²) in [5.41, 5.74) is 0.534. The summed E-state index contributed by atoms with van der Waals surface area (Å²) in [7, 11) is 0. The van der Waals surface area contributed by atoms with Gasteiger partial charge in [0.25, 0.3) is 5.91 Å². The van der Waals surface area contributed by atoms with Gasteiger partial charge in [0, 0.05) is 19.3 Å². The van der Waals surface area contributed by atoms with E-state index < -0.39 is 0 Å². The fraction of sp³-hybridized carbons (Fsp3) is 0.556. The molecular weight excluding hydrogens is 182 g/mol. The van der Waals surface area contributed by atoms with Crippen LogP contribution in [0.3, 0.4) is 0 Å². The van der Waals surface area contributed by atoms with E-state index in [4.69, 9.17) is 5.11 Å². The summed E-state index contributed by atoms with van der Waals surface area (Å²) < 4.78 is 0. The van der Waals surface area contributed by atoms with Crippen molar-refractivity contribution in [1.29, 1.82) is 0 Å². The fourth-order valence-electron chi connectivity index (χ4n) is 1.26. The zero-order chi connectivity index (χ0) is 10.4. The molecule has 1 heterocycles. The quantitative estimate of drug-likeness (QED) is 0.711. The van der Waals surface area contributed by atoms with Crippen molar-refractivity contribution in [3.05, 3.63) is 18.0 Å². The summed E-state index contributed by atoms with van der Waals surface area (Å²) in [5, 5.41) is 15.1. The first-order chi connectivity index (χ1) is 6.79. The number of carbonyl (C=O) groups excluding carboxylic acids is 1. The van der Waals surface area contributed by atoms with Gasteiger partial charge in [-0.05, 0) is 6.42 Å². The molecule has 0 aliphatic rings. The summed E-state index contributed by atoms with van der Waals surface area (Å²) in [6.07, 6.45) is 3.92. The van der Waals surface area contributed by atoms with Gasteiger partial charge in [-0.25, -0.2) is 0 Å². The first-order valence-electron chi connectivity index (χ1n) is 4.68. The number of nitrogens with one attached hydrogen (secondary N) is 1. The highest BCUT2D eigenvalue weighted by molar-refractivity contribution is 5.93. The molecule has 0 atom stereocenters. The van der Waals surface area contributed by atoms with Crippen molar-refractivity contribution in [2.24, 2.45) is 0 Å². The molecule has 0 fully saturated rings. The van der Waals surface area contributed by atoms with E-state index >= 15 is 0 Å². The van der Waals surface area contributed by atoms with Crippen LogP contribution in [0.4, 0.5) is 0 Å². The molecule has 0 aromatic carbocycles. The van der Waals surface area contributed by atoms with Crippen molar-refractivity contribution in [2.75, 3.05) is 19.7 Å². The smallest absolute Gasteiger partial charge is 0.257 e. The van der Waals surface area contributed by atoms with Gasteiger partial charge in [-0.2, -0.15) is 5.10 Å². The average Bonchev–Trinajstić information content (AvgIpc) is 2.69. The van der Waals surface area contributed by atoms with Gasteiger partial charge in [0.2, 0.25) is 0 Å². The second-order valence-electron chi connectivity index (χ2n) is 3.00.